The summed E-state index contributed by atoms with van der Waals surface area (Å²) in [4.78, 5) is 30.6. The van der Waals surface area contributed by atoms with E-state index in [4.69, 9.17) is 14.2 Å². The van der Waals surface area contributed by atoms with Gasteiger partial charge in [-0.05, 0) is 61.7 Å². The maximum absolute atomic E-state index is 13.4. The first-order valence-electron chi connectivity index (χ1n) is 13.1. The van der Waals surface area contributed by atoms with E-state index in [1.165, 1.54) is 0 Å². The fourth-order valence-electron chi connectivity index (χ4n) is 5.41. The van der Waals surface area contributed by atoms with Crippen LogP contribution in [-0.4, -0.2) is 78.7 Å². The molecule has 5 rings (SSSR count). The SMILES string of the molecule is CCOc1cccc([C@@H]2/C(=C(\O)c3ccc4c(c3)C[C@@H](C)O4)C(=O)C(=O)N2CCCN2CCOCC2)c1. The number of fused-ring (bicyclic) bond motifs is 1. The van der Waals surface area contributed by atoms with Crippen LogP contribution in [0.4, 0.5) is 0 Å². The van der Waals surface area contributed by atoms with Crippen molar-refractivity contribution in [1.29, 1.82) is 0 Å². The lowest BCUT2D eigenvalue weighted by Gasteiger charge is -2.29. The standard InChI is InChI=1S/C29H34N2O6/c1-3-36-23-7-4-6-20(18-23)26-25(27(32)21-8-9-24-22(17-21)16-19(2)37-24)28(33)29(34)31(26)11-5-10-30-12-14-35-15-13-30/h4,6-9,17-19,26,32H,3,5,10-16H2,1-2H3/b27-25+/t19-,26-/m1/s1. The van der Waals surface area contributed by atoms with E-state index < -0.39 is 17.7 Å². The summed E-state index contributed by atoms with van der Waals surface area (Å²) < 4.78 is 16.9. The number of likely N-dealkylation sites (tertiary alicyclic amines) is 1. The molecule has 2 saturated heterocycles. The van der Waals surface area contributed by atoms with E-state index in [-0.39, 0.29) is 17.4 Å². The van der Waals surface area contributed by atoms with Gasteiger partial charge in [-0.15, -0.1) is 0 Å². The number of hydrogen-bond acceptors (Lipinski definition) is 7. The fraction of sp³-hybridized carbons (Fsp3) is 0.448. The van der Waals surface area contributed by atoms with Crippen LogP contribution in [0.25, 0.3) is 5.76 Å². The minimum atomic E-state index is -0.700. The number of rotatable bonds is 8. The van der Waals surface area contributed by atoms with Gasteiger partial charge in [-0.25, -0.2) is 0 Å². The maximum atomic E-state index is 13.4. The van der Waals surface area contributed by atoms with Gasteiger partial charge in [0.05, 0.1) is 31.4 Å². The average Bonchev–Trinajstić information content (AvgIpc) is 3.40. The molecular formula is C29H34N2O6. The Bertz CT molecular complexity index is 1200. The number of aliphatic hydroxyl groups is 1. The summed E-state index contributed by atoms with van der Waals surface area (Å²) >= 11 is 0. The van der Waals surface area contributed by atoms with Crippen molar-refractivity contribution >= 4 is 17.4 Å². The Morgan fingerprint density at radius 2 is 1.92 bits per heavy atom. The Kier molecular flexibility index (Phi) is 7.48. The molecule has 3 aliphatic rings. The van der Waals surface area contributed by atoms with Crippen molar-refractivity contribution in [1.82, 2.24) is 9.80 Å². The van der Waals surface area contributed by atoms with E-state index in [1.807, 2.05) is 50.2 Å². The minimum absolute atomic E-state index is 0.0609. The van der Waals surface area contributed by atoms with Gasteiger partial charge in [-0.2, -0.15) is 0 Å². The van der Waals surface area contributed by atoms with Gasteiger partial charge in [-0.1, -0.05) is 12.1 Å². The summed E-state index contributed by atoms with van der Waals surface area (Å²) in [5.74, 6) is 0.0219. The van der Waals surface area contributed by atoms with E-state index >= 15 is 0 Å². The van der Waals surface area contributed by atoms with Crippen molar-refractivity contribution in [3.05, 3.63) is 64.7 Å². The molecule has 0 radical (unpaired) electrons. The number of ketones is 1. The summed E-state index contributed by atoms with van der Waals surface area (Å²) in [5, 5.41) is 11.4. The normalized spacial score (nSPS) is 23.2. The fourth-order valence-corrected chi connectivity index (χ4v) is 5.41. The summed E-state index contributed by atoms with van der Waals surface area (Å²) in [5.41, 5.74) is 2.33. The topological polar surface area (TPSA) is 88.5 Å². The smallest absolute Gasteiger partial charge is 0.295 e. The molecule has 2 atom stereocenters. The average molecular weight is 507 g/mol. The number of aliphatic hydroxyl groups excluding tert-OH is 1. The molecule has 8 nitrogen and oxygen atoms in total. The van der Waals surface area contributed by atoms with Crippen molar-refractivity contribution in [2.24, 2.45) is 0 Å². The van der Waals surface area contributed by atoms with Crippen LogP contribution >= 0.6 is 0 Å². The van der Waals surface area contributed by atoms with Crippen LogP contribution in [0.3, 0.4) is 0 Å². The zero-order chi connectivity index (χ0) is 25.9. The van der Waals surface area contributed by atoms with Crippen molar-refractivity contribution in [2.75, 3.05) is 46.0 Å². The molecule has 3 aliphatic heterocycles. The molecule has 0 saturated carbocycles. The highest BCUT2D eigenvalue weighted by molar-refractivity contribution is 6.46. The van der Waals surface area contributed by atoms with Crippen LogP contribution in [0.15, 0.2) is 48.0 Å². The quantitative estimate of drug-likeness (QED) is 0.333. The molecule has 3 heterocycles. The van der Waals surface area contributed by atoms with Gasteiger partial charge in [-0.3, -0.25) is 14.5 Å². The van der Waals surface area contributed by atoms with Crippen LogP contribution < -0.4 is 9.47 Å². The Morgan fingerprint density at radius 3 is 2.70 bits per heavy atom. The Labute approximate surface area is 217 Å². The molecular weight excluding hydrogens is 472 g/mol. The van der Waals surface area contributed by atoms with Crippen LogP contribution in [-0.2, 0) is 20.7 Å². The lowest BCUT2D eigenvalue weighted by Crippen LogP contribution is -2.38. The molecule has 2 fully saturated rings. The highest BCUT2D eigenvalue weighted by Gasteiger charge is 2.46. The first-order chi connectivity index (χ1) is 18.0. The molecule has 0 aliphatic carbocycles. The zero-order valence-corrected chi connectivity index (χ0v) is 21.4. The third-order valence-corrected chi connectivity index (χ3v) is 7.17. The summed E-state index contributed by atoms with van der Waals surface area (Å²) in [7, 11) is 0. The monoisotopic (exact) mass is 506 g/mol. The Hall–Kier alpha value is -3.36. The molecule has 0 unspecified atom stereocenters. The van der Waals surface area contributed by atoms with E-state index in [1.54, 1.807) is 11.0 Å². The predicted molar refractivity (Wildman–Crippen MR) is 139 cm³/mol. The molecule has 37 heavy (non-hydrogen) atoms. The van der Waals surface area contributed by atoms with Gasteiger partial charge in [0.2, 0.25) is 0 Å². The van der Waals surface area contributed by atoms with Gasteiger partial charge in [0.25, 0.3) is 11.7 Å². The van der Waals surface area contributed by atoms with Crippen molar-refractivity contribution < 1.29 is 28.9 Å². The molecule has 8 heteroatoms. The molecule has 0 spiro atoms. The van der Waals surface area contributed by atoms with Crippen molar-refractivity contribution in [3.63, 3.8) is 0 Å². The predicted octanol–water partition coefficient (Wildman–Crippen LogP) is 3.55. The first kappa shape index (κ1) is 25.3. The minimum Gasteiger partial charge on any atom is -0.507 e. The third kappa shape index (κ3) is 5.22. The van der Waals surface area contributed by atoms with E-state index in [0.717, 1.165) is 42.9 Å². The number of nitrogens with zero attached hydrogens (tertiary/aromatic N) is 2. The van der Waals surface area contributed by atoms with Crippen LogP contribution in [0.5, 0.6) is 11.5 Å². The molecule has 196 valence electrons. The molecule has 2 aromatic carbocycles. The number of amides is 1. The number of benzene rings is 2. The van der Waals surface area contributed by atoms with E-state index in [0.29, 0.717) is 44.1 Å². The molecule has 1 N–H and O–H groups in total. The second-order valence-corrected chi connectivity index (χ2v) is 9.76. The first-order valence-corrected chi connectivity index (χ1v) is 13.1. The Balaban J connectivity index is 1.49. The van der Waals surface area contributed by atoms with Crippen LogP contribution in [0, 0.1) is 0 Å². The highest BCUT2D eigenvalue weighted by atomic mass is 16.5. The zero-order valence-electron chi connectivity index (χ0n) is 21.4. The Morgan fingerprint density at radius 1 is 1.11 bits per heavy atom. The van der Waals surface area contributed by atoms with Crippen LogP contribution in [0.2, 0.25) is 0 Å². The molecule has 0 aromatic heterocycles. The molecule has 2 aromatic rings. The largest absolute Gasteiger partial charge is 0.507 e. The van der Waals surface area contributed by atoms with Crippen LogP contribution in [0.1, 0.15) is 43.0 Å². The van der Waals surface area contributed by atoms with Gasteiger partial charge >= 0.3 is 0 Å². The van der Waals surface area contributed by atoms with E-state index in [9.17, 15) is 14.7 Å². The van der Waals surface area contributed by atoms with Gasteiger partial charge in [0, 0.05) is 38.2 Å². The number of ether oxygens (including phenoxy) is 3. The van der Waals surface area contributed by atoms with Crippen molar-refractivity contribution in [3.8, 4) is 11.5 Å². The van der Waals surface area contributed by atoms with Gasteiger partial charge in [0.1, 0.15) is 23.4 Å². The summed E-state index contributed by atoms with van der Waals surface area (Å²) in [6.45, 7) is 8.74. The van der Waals surface area contributed by atoms with Crippen molar-refractivity contribution in [2.45, 2.75) is 38.8 Å². The lowest BCUT2D eigenvalue weighted by molar-refractivity contribution is -0.140. The molecule has 1 amide bonds. The number of Topliss-reactive ketones (excluding diaryl/α,β-unsaturated/α-hetero) is 1. The number of carbonyl (C=O) groups is 2. The maximum Gasteiger partial charge on any atom is 0.295 e. The third-order valence-electron chi connectivity index (χ3n) is 7.17. The second-order valence-electron chi connectivity index (χ2n) is 9.76. The number of hydrogen-bond donors (Lipinski definition) is 1. The lowest BCUT2D eigenvalue weighted by atomic mass is 9.94. The highest BCUT2D eigenvalue weighted by Crippen LogP contribution is 2.41. The van der Waals surface area contributed by atoms with E-state index in [2.05, 4.69) is 4.90 Å². The van der Waals surface area contributed by atoms with Gasteiger partial charge in [0.15, 0.2) is 0 Å². The van der Waals surface area contributed by atoms with Gasteiger partial charge < -0.3 is 24.2 Å². The summed E-state index contributed by atoms with van der Waals surface area (Å²) in [6, 6.07) is 12.1. The number of morpholine rings is 1. The second kappa shape index (κ2) is 10.9. The summed E-state index contributed by atoms with van der Waals surface area (Å²) in [6.07, 6.45) is 1.50. The number of carbonyl (C=O) groups excluding carboxylic acids is 2. The molecule has 0 bridgehead atoms.